The molecule has 1 heterocycles. The van der Waals surface area contributed by atoms with Crippen LogP contribution in [0.5, 0.6) is 0 Å². The lowest BCUT2D eigenvalue weighted by atomic mass is 10.3. The molecule has 0 spiro atoms. The van der Waals surface area contributed by atoms with Crippen LogP contribution in [0.2, 0.25) is 0 Å². The maximum atomic E-state index is 11.4. The van der Waals surface area contributed by atoms with Gasteiger partial charge in [0.05, 0.1) is 5.75 Å². The van der Waals surface area contributed by atoms with Gasteiger partial charge in [0.1, 0.15) is 0 Å². The molecule has 86 valence electrons. The van der Waals surface area contributed by atoms with Gasteiger partial charge in [0.15, 0.2) is 0 Å². The van der Waals surface area contributed by atoms with Crippen LogP contribution >= 0.6 is 11.3 Å². The Labute approximate surface area is 94.5 Å². The highest BCUT2D eigenvalue weighted by molar-refractivity contribution is 7.89. The molecule has 4 nitrogen and oxygen atoms in total. The fourth-order valence-corrected chi connectivity index (χ4v) is 2.94. The van der Waals surface area contributed by atoms with Gasteiger partial charge in [0.2, 0.25) is 10.0 Å². The zero-order valence-corrected chi connectivity index (χ0v) is 10.1. The van der Waals surface area contributed by atoms with E-state index in [0.717, 1.165) is 6.42 Å². The molecule has 0 amide bonds. The minimum absolute atomic E-state index is 0.119. The van der Waals surface area contributed by atoms with E-state index >= 15 is 0 Å². The van der Waals surface area contributed by atoms with E-state index < -0.39 is 10.0 Å². The molecule has 1 aromatic heterocycles. The van der Waals surface area contributed by atoms with Crippen LogP contribution in [0, 0.1) is 0 Å². The Hall–Kier alpha value is -0.430. The first-order valence-corrected chi connectivity index (χ1v) is 7.37. The second-order valence-corrected chi connectivity index (χ2v) is 6.14. The first-order valence-electron chi connectivity index (χ1n) is 4.84. The van der Waals surface area contributed by atoms with E-state index in [9.17, 15) is 8.42 Å². The summed E-state index contributed by atoms with van der Waals surface area (Å²) in [7, 11) is -3.12. The number of nitrogens with one attached hydrogen (secondary N) is 1. The normalized spacial score (nSPS) is 11.8. The standard InChI is InChI=1S/C9H16N2O2S2/c10-5-2-8-15(12,13)11-6-4-9-3-1-7-14-9/h1,3,7,11H,2,4-6,8,10H2. The van der Waals surface area contributed by atoms with Crippen molar-refractivity contribution in [2.24, 2.45) is 5.73 Å². The number of hydrogen-bond donors (Lipinski definition) is 2. The van der Waals surface area contributed by atoms with E-state index in [-0.39, 0.29) is 5.75 Å². The van der Waals surface area contributed by atoms with E-state index in [1.54, 1.807) is 11.3 Å². The summed E-state index contributed by atoms with van der Waals surface area (Å²) < 4.78 is 25.3. The predicted octanol–water partition coefficient (Wildman–Crippen LogP) is 0.559. The second-order valence-electron chi connectivity index (χ2n) is 3.18. The zero-order chi connectivity index (χ0) is 11.1. The average molecular weight is 248 g/mol. The van der Waals surface area contributed by atoms with E-state index in [2.05, 4.69) is 4.72 Å². The molecule has 0 aromatic carbocycles. The van der Waals surface area contributed by atoms with E-state index in [1.807, 2.05) is 17.5 Å². The van der Waals surface area contributed by atoms with Gasteiger partial charge in [-0.05, 0) is 30.8 Å². The molecule has 0 aliphatic carbocycles. The van der Waals surface area contributed by atoms with Crippen molar-refractivity contribution in [1.82, 2.24) is 4.72 Å². The van der Waals surface area contributed by atoms with E-state index in [0.29, 0.717) is 19.5 Å². The van der Waals surface area contributed by atoms with Gasteiger partial charge in [-0.15, -0.1) is 11.3 Å². The summed E-state index contributed by atoms with van der Waals surface area (Å²) in [6, 6.07) is 3.96. The Morgan fingerprint density at radius 1 is 1.47 bits per heavy atom. The fourth-order valence-electron chi connectivity index (χ4n) is 1.13. The minimum atomic E-state index is -3.12. The lowest BCUT2D eigenvalue weighted by molar-refractivity contribution is 0.579. The van der Waals surface area contributed by atoms with Crippen LogP contribution in [-0.2, 0) is 16.4 Å². The molecule has 0 unspecified atom stereocenters. The molecular weight excluding hydrogens is 232 g/mol. The van der Waals surface area contributed by atoms with Gasteiger partial charge in [-0.2, -0.15) is 0 Å². The van der Waals surface area contributed by atoms with Crippen LogP contribution in [0.25, 0.3) is 0 Å². The van der Waals surface area contributed by atoms with Gasteiger partial charge < -0.3 is 5.73 Å². The second kappa shape index (κ2) is 6.22. The van der Waals surface area contributed by atoms with Crippen LogP contribution in [0.4, 0.5) is 0 Å². The van der Waals surface area contributed by atoms with E-state index in [1.165, 1.54) is 4.88 Å². The molecule has 0 bridgehead atoms. The highest BCUT2D eigenvalue weighted by Gasteiger charge is 2.08. The summed E-state index contributed by atoms with van der Waals surface area (Å²) in [4.78, 5) is 1.19. The molecular formula is C9H16N2O2S2. The first-order chi connectivity index (χ1) is 7.14. The van der Waals surface area contributed by atoms with Gasteiger partial charge in [0, 0.05) is 11.4 Å². The Morgan fingerprint density at radius 2 is 2.27 bits per heavy atom. The third kappa shape index (κ3) is 5.27. The Bertz CT molecular complexity index is 359. The molecule has 15 heavy (non-hydrogen) atoms. The molecule has 3 N–H and O–H groups in total. The summed E-state index contributed by atoms with van der Waals surface area (Å²) in [6.07, 6.45) is 1.26. The molecule has 0 saturated carbocycles. The Morgan fingerprint density at radius 3 is 2.87 bits per heavy atom. The summed E-state index contributed by atoms with van der Waals surface area (Å²) >= 11 is 1.64. The van der Waals surface area contributed by atoms with Crippen LogP contribution < -0.4 is 10.5 Å². The monoisotopic (exact) mass is 248 g/mol. The largest absolute Gasteiger partial charge is 0.330 e. The molecule has 0 aliphatic rings. The van der Waals surface area contributed by atoms with Gasteiger partial charge >= 0.3 is 0 Å². The first kappa shape index (κ1) is 12.6. The van der Waals surface area contributed by atoms with Crippen molar-refractivity contribution in [1.29, 1.82) is 0 Å². The number of sulfonamides is 1. The lowest BCUT2D eigenvalue weighted by Gasteiger charge is -2.04. The number of thiophene rings is 1. The third-order valence-electron chi connectivity index (χ3n) is 1.89. The van der Waals surface area contributed by atoms with E-state index in [4.69, 9.17) is 5.73 Å². The van der Waals surface area contributed by atoms with Crippen LogP contribution in [0.15, 0.2) is 17.5 Å². The molecule has 6 heteroatoms. The third-order valence-corrected chi connectivity index (χ3v) is 4.30. The van der Waals surface area contributed by atoms with Crippen molar-refractivity contribution in [3.8, 4) is 0 Å². The summed E-state index contributed by atoms with van der Waals surface area (Å²) in [5.74, 6) is 0.119. The van der Waals surface area contributed by atoms with Crippen LogP contribution in [0.1, 0.15) is 11.3 Å². The van der Waals surface area contributed by atoms with Crippen LogP contribution in [-0.4, -0.2) is 27.3 Å². The van der Waals surface area contributed by atoms with Gasteiger partial charge in [-0.3, -0.25) is 0 Å². The van der Waals surface area contributed by atoms with Gasteiger partial charge in [-0.25, -0.2) is 13.1 Å². The summed E-state index contributed by atoms with van der Waals surface area (Å²) in [6.45, 7) is 0.874. The summed E-state index contributed by atoms with van der Waals surface area (Å²) in [5.41, 5.74) is 5.25. The fraction of sp³-hybridized carbons (Fsp3) is 0.556. The predicted molar refractivity (Wildman–Crippen MR) is 63.5 cm³/mol. The number of nitrogens with two attached hydrogens (primary N) is 1. The van der Waals surface area contributed by atoms with Crippen LogP contribution in [0.3, 0.4) is 0 Å². The number of rotatable bonds is 7. The topological polar surface area (TPSA) is 72.2 Å². The molecule has 0 atom stereocenters. The average Bonchev–Trinajstić information content (AvgIpc) is 2.67. The highest BCUT2D eigenvalue weighted by Crippen LogP contribution is 2.08. The van der Waals surface area contributed by atoms with Crippen molar-refractivity contribution < 1.29 is 8.42 Å². The van der Waals surface area contributed by atoms with Gasteiger partial charge in [0.25, 0.3) is 0 Å². The SMILES string of the molecule is NCCCS(=O)(=O)NCCc1cccs1. The summed E-state index contributed by atoms with van der Waals surface area (Å²) in [5, 5.41) is 1.98. The lowest BCUT2D eigenvalue weighted by Crippen LogP contribution is -2.29. The highest BCUT2D eigenvalue weighted by atomic mass is 32.2. The van der Waals surface area contributed by atoms with Crippen molar-refractivity contribution >= 4 is 21.4 Å². The zero-order valence-electron chi connectivity index (χ0n) is 8.48. The molecule has 0 saturated heterocycles. The molecule has 1 aromatic rings. The quantitative estimate of drug-likeness (QED) is 0.740. The van der Waals surface area contributed by atoms with Crippen molar-refractivity contribution in [2.45, 2.75) is 12.8 Å². The van der Waals surface area contributed by atoms with Crippen molar-refractivity contribution in [2.75, 3.05) is 18.8 Å². The molecule has 0 aliphatic heterocycles. The van der Waals surface area contributed by atoms with Crippen molar-refractivity contribution in [3.05, 3.63) is 22.4 Å². The molecule has 1 rings (SSSR count). The molecule has 0 radical (unpaired) electrons. The smallest absolute Gasteiger partial charge is 0.211 e. The van der Waals surface area contributed by atoms with Crippen molar-refractivity contribution in [3.63, 3.8) is 0 Å². The number of hydrogen-bond acceptors (Lipinski definition) is 4. The Kier molecular flexibility index (Phi) is 5.24. The molecule has 0 fully saturated rings. The van der Waals surface area contributed by atoms with Gasteiger partial charge in [-0.1, -0.05) is 6.07 Å². The Balaban J connectivity index is 2.24. The minimum Gasteiger partial charge on any atom is -0.330 e. The maximum Gasteiger partial charge on any atom is 0.211 e. The maximum absolute atomic E-state index is 11.4.